The lowest BCUT2D eigenvalue weighted by Crippen LogP contribution is -2.30. The van der Waals surface area contributed by atoms with Crippen molar-refractivity contribution in [2.24, 2.45) is 0 Å². The van der Waals surface area contributed by atoms with Crippen molar-refractivity contribution in [1.82, 2.24) is 4.90 Å². The third-order valence-electron chi connectivity index (χ3n) is 5.25. The third kappa shape index (κ3) is 5.28. The number of hydrogen-bond acceptors (Lipinski definition) is 4. The summed E-state index contributed by atoms with van der Waals surface area (Å²) in [7, 11) is 0. The van der Waals surface area contributed by atoms with Crippen LogP contribution >= 0.6 is 12.4 Å². The Morgan fingerprint density at radius 1 is 1.10 bits per heavy atom. The van der Waals surface area contributed by atoms with E-state index in [0.717, 1.165) is 49.2 Å². The molecule has 3 aromatic rings. The molecule has 0 radical (unpaired) electrons. The Kier molecular flexibility index (Phi) is 7.13. The Balaban J connectivity index is 0.00000240. The molecule has 0 bridgehead atoms. The molecule has 1 aliphatic rings. The second-order valence-electron chi connectivity index (χ2n) is 7.25. The first-order chi connectivity index (χ1) is 13.7. The molecular weight excluding hydrogens is 386 g/mol. The first kappa shape index (κ1) is 21.2. The van der Waals surface area contributed by atoms with Gasteiger partial charge in [0.1, 0.15) is 11.3 Å². The van der Waals surface area contributed by atoms with Gasteiger partial charge in [0.25, 0.3) is 0 Å². The second-order valence-corrected chi connectivity index (χ2v) is 7.25. The maximum absolute atomic E-state index is 11.5. The van der Waals surface area contributed by atoms with Crippen molar-refractivity contribution in [3.05, 3.63) is 82.2 Å². The number of nitrogens with zero attached hydrogens (tertiary/aromatic N) is 1. The molecule has 1 aliphatic heterocycles. The van der Waals surface area contributed by atoms with Gasteiger partial charge in [-0.3, -0.25) is 4.90 Å². The molecule has 0 fully saturated rings. The number of benzene rings is 2. The molecule has 2 aromatic carbocycles. The van der Waals surface area contributed by atoms with Crippen molar-refractivity contribution < 1.29 is 9.15 Å². The molecule has 0 amide bonds. The molecule has 5 heteroatoms. The third-order valence-corrected chi connectivity index (χ3v) is 5.25. The van der Waals surface area contributed by atoms with E-state index in [2.05, 4.69) is 41.3 Å². The van der Waals surface area contributed by atoms with Gasteiger partial charge >= 0.3 is 5.63 Å². The normalized spacial score (nSPS) is 14.3. The van der Waals surface area contributed by atoms with Crippen LogP contribution in [0.4, 0.5) is 0 Å². The van der Waals surface area contributed by atoms with Gasteiger partial charge in [0, 0.05) is 37.2 Å². The molecule has 0 N–H and O–H groups in total. The fourth-order valence-corrected chi connectivity index (χ4v) is 3.70. The summed E-state index contributed by atoms with van der Waals surface area (Å²) >= 11 is 0. The Morgan fingerprint density at radius 3 is 2.69 bits per heavy atom. The highest BCUT2D eigenvalue weighted by atomic mass is 35.5. The summed E-state index contributed by atoms with van der Waals surface area (Å²) in [6.45, 7) is 5.65. The maximum atomic E-state index is 11.5. The van der Waals surface area contributed by atoms with E-state index in [4.69, 9.17) is 9.15 Å². The molecule has 152 valence electrons. The zero-order valence-electron chi connectivity index (χ0n) is 16.6. The lowest BCUT2D eigenvalue weighted by molar-refractivity contribution is 0.248. The fourth-order valence-electron chi connectivity index (χ4n) is 3.70. The minimum atomic E-state index is -0.324. The number of hydrogen-bond donors (Lipinski definition) is 0. The quantitative estimate of drug-likeness (QED) is 0.419. The van der Waals surface area contributed by atoms with E-state index in [9.17, 15) is 4.79 Å². The van der Waals surface area contributed by atoms with E-state index in [-0.39, 0.29) is 18.0 Å². The van der Waals surface area contributed by atoms with Crippen LogP contribution in [-0.4, -0.2) is 31.1 Å². The highest BCUT2D eigenvalue weighted by Crippen LogP contribution is 2.23. The Bertz CT molecular complexity index is 1040. The standard InChI is InChI=1S/C24H25NO3.ClH/c1-18-16-24(26)28-23-17-21(8-9-22(18)23)27-15-5-12-25-13-10-20(11-14-25)19-6-3-2-4-7-19;/h2-4,6-10,16-17H,5,11-15H2,1H3;1H. The van der Waals surface area contributed by atoms with E-state index in [1.807, 2.05) is 19.1 Å². The van der Waals surface area contributed by atoms with Crippen LogP contribution in [0, 0.1) is 6.92 Å². The van der Waals surface area contributed by atoms with Gasteiger partial charge in [0.2, 0.25) is 0 Å². The average molecular weight is 412 g/mol. The molecule has 0 saturated heterocycles. The smallest absolute Gasteiger partial charge is 0.336 e. The van der Waals surface area contributed by atoms with Crippen LogP contribution in [0.1, 0.15) is 24.0 Å². The van der Waals surface area contributed by atoms with Gasteiger partial charge < -0.3 is 9.15 Å². The van der Waals surface area contributed by atoms with Crippen molar-refractivity contribution >= 4 is 28.9 Å². The van der Waals surface area contributed by atoms with Gasteiger partial charge in [-0.2, -0.15) is 0 Å². The summed E-state index contributed by atoms with van der Waals surface area (Å²) in [5.41, 5.74) is 3.96. The van der Waals surface area contributed by atoms with E-state index in [0.29, 0.717) is 12.2 Å². The first-order valence-corrected chi connectivity index (χ1v) is 9.83. The number of fused-ring (bicyclic) bond motifs is 1. The predicted molar refractivity (Wildman–Crippen MR) is 120 cm³/mol. The number of rotatable bonds is 6. The van der Waals surface area contributed by atoms with Crippen molar-refractivity contribution in [2.75, 3.05) is 26.2 Å². The summed E-state index contributed by atoms with van der Waals surface area (Å²) in [6, 6.07) is 17.8. The van der Waals surface area contributed by atoms with Gasteiger partial charge in [-0.05, 0) is 48.6 Å². The van der Waals surface area contributed by atoms with E-state index in [1.165, 1.54) is 17.2 Å². The zero-order valence-corrected chi connectivity index (χ0v) is 17.4. The van der Waals surface area contributed by atoms with Crippen molar-refractivity contribution in [2.45, 2.75) is 19.8 Å². The minimum absolute atomic E-state index is 0. The van der Waals surface area contributed by atoms with Crippen LogP contribution in [-0.2, 0) is 0 Å². The molecule has 1 aromatic heterocycles. The molecule has 4 rings (SSSR count). The fraction of sp³-hybridized carbons (Fsp3) is 0.292. The van der Waals surface area contributed by atoms with Crippen LogP contribution < -0.4 is 10.4 Å². The monoisotopic (exact) mass is 411 g/mol. The highest BCUT2D eigenvalue weighted by Gasteiger charge is 2.12. The predicted octanol–water partition coefficient (Wildman–Crippen LogP) is 5.08. The van der Waals surface area contributed by atoms with Crippen LogP contribution in [0.15, 0.2) is 69.9 Å². The SMILES string of the molecule is Cc1cc(=O)oc2cc(OCCCN3CC=C(c4ccccc4)CC3)ccc12.Cl. The van der Waals surface area contributed by atoms with Gasteiger partial charge in [-0.15, -0.1) is 12.4 Å². The Morgan fingerprint density at radius 2 is 1.93 bits per heavy atom. The Hall–Kier alpha value is -2.56. The molecule has 0 unspecified atom stereocenters. The van der Waals surface area contributed by atoms with Gasteiger partial charge in [0.15, 0.2) is 0 Å². The molecule has 0 aliphatic carbocycles. The van der Waals surface area contributed by atoms with Crippen LogP contribution in [0.2, 0.25) is 0 Å². The van der Waals surface area contributed by atoms with Gasteiger partial charge in [-0.1, -0.05) is 36.4 Å². The Labute approximate surface area is 177 Å². The molecule has 2 heterocycles. The topological polar surface area (TPSA) is 42.7 Å². The number of ether oxygens (including phenoxy) is 1. The first-order valence-electron chi connectivity index (χ1n) is 9.83. The highest BCUT2D eigenvalue weighted by molar-refractivity contribution is 5.85. The molecule has 29 heavy (non-hydrogen) atoms. The van der Waals surface area contributed by atoms with Gasteiger partial charge in [-0.25, -0.2) is 4.79 Å². The lowest BCUT2D eigenvalue weighted by Gasteiger charge is -2.26. The van der Waals surface area contributed by atoms with Crippen molar-refractivity contribution in [1.29, 1.82) is 0 Å². The van der Waals surface area contributed by atoms with Crippen molar-refractivity contribution in [3.63, 3.8) is 0 Å². The van der Waals surface area contributed by atoms with E-state index < -0.39 is 0 Å². The van der Waals surface area contributed by atoms with Crippen LogP contribution in [0.3, 0.4) is 0 Å². The van der Waals surface area contributed by atoms with E-state index in [1.54, 1.807) is 6.07 Å². The van der Waals surface area contributed by atoms with Crippen LogP contribution in [0.5, 0.6) is 5.75 Å². The van der Waals surface area contributed by atoms with Gasteiger partial charge in [0.05, 0.1) is 6.61 Å². The lowest BCUT2D eigenvalue weighted by atomic mass is 9.99. The molecular formula is C24H26ClNO3. The molecule has 4 nitrogen and oxygen atoms in total. The second kappa shape index (κ2) is 9.77. The number of aryl methyl sites for hydroxylation is 1. The zero-order chi connectivity index (χ0) is 19.3. The summed E-state index contributed by atoms with van der Waals surface area (Å²) in [4.78, 5) is 14.0. The number of halogens is 1. The maximum Gasteiger partial charge on any atom is 0.336 e. The largest absolute Gasteiger partial charge is 0.493 e. The molecule has 0 atom stereocenters. The van der Waals surface area contributed by atoms with E-state index >= 15 is 0 Å². The average Bonchev–Trinajstić information content (AvgIpc) is 2.72. The minimum Gasteiger partial charge on any atom is -0.493 e. The summed E-state index contributed by atoms with van der Waals surface area (Å²) in [5, 5.41) is 0.946. The summed E-state index contributed by atoms with van der Waals surface area (Å²) in [6.07, 6.45) is 4.39. The molecule has 0 spiro atoms. The summed E-state index contributed by atoms with van der Waals surface area (Å²) in [5.74, 6) is 0.742. The molecule has 0 saturated carbocycles. The van der Waals surface area contributed by atoms with Crippen molar-refractivity contribution in [3.8, 4) is 5.75 Å². The summed E-state index contributed by atoms with van der Waals surface area (Å²) < 4.78 is 11.2. The van der Waals surface area contributed by atoms with Crippen LogP contribution in [0.25, 0.3) is 16.5 Å².